The molecule has 38 heavy (non-hydrogen) atoms. The smallest absolute Gasteiger partial charge is 0.157 e. The van der Waals surface area contributed by atoms with Gasteiger partial charge in [-0.1, -0.05) is 31.2 Å². The normalized spacial score (nSPS) is 13.9. The van der Waals surface area contributed by atoms with Crippen LogP contribution in [0, 0.1) is 5.82 Å². The number of H-pyrrole nitrogens is 1. The number of unbranched alkanes of at least 4 members (excludes halogenated alkanes) is 1. The van der Waals surface area contributed by atoms with Crippen LogP contribution in [0.1, 0.15) is 63.8 Å². The van der Waals surface area contributed by atoms with E-state index >= 15 is 4.39 Å². The molecule has 1 saturated heterocycles. The molecular formula is C30H36ClFN6. The summed E-state index contributed by atoms with van der Waals surface area (Å²) < 4.78 is 16.5. The van der Waals surface area contributed by atoms with Gasteiger partial charge in [-0.25, -0.2) is 14.4 Å². The molecule has 0 radical (unpaired) electrons. The molecule has 4 aromatic rings. The van der Waals surface area contributed by atoms with E-state index in [1.54, 1.807) is 6.20 Å². The third-order valence-electron chi connectivity index (χ3n) is 7.46. The second kappa shape index (κ2) is 11.7. The number of aromatic nitrogens is 4. The van der Waals surface area contributed by atoms with Crippen molar-refractivity contribution in [1.29, 1.82) is 0 Å². The maximum absolute atomic E-state index is 16.5. The number of hydrogen-bond donors (Lipinski definition) is 2. The van der Waals surface area contributed by atoms with Crippen LogP contribution in [-0.2, 0) is 12.8 Å². The van der Waals surface area contributed by atoms with Crippen molar-refractivity contribution in [2.75, 3.05) is 24.5 Å². The van der Waals surface area contributed by atoms with Crippen molar-refractivity contribution < 1.29 is 4.39 Å². The average Bonchev–Trinajstić information content (AvgIpc) is 3.40. The molecule has 0 aliphatic carbocycles. The number of anilines is 1. The minimum Gasteiger partial charge on any atom is -0.389 e. The van der Waals surface area contributed by atoms with Crippen molar-refractivity contribution in [3.8, 4) is 11.1 Å². The Morgan fingerprint density at radius 1 is 1.13 bits per heavy atom. The highest BCUT2D eigenvalue weighted by molar-refractivity contribution is 6.33. The van der Waals surface area contributed by atoms with E-state index in [-0.39, 0.29) is 5.82 Å². The highest BCUT2D eigenvalue weighted by Gasteiger charge is 2.23. The van der Waals surface area contributed by atoms with Gasteiger partial charge in [-0.15, -0.1) is 0 Å². The number of fused-ring (bicyclic) bond motifs is 2. The van der Waals surface area contributed by atoms with Crippen molar-refractivity contribution in [3.63, 3.8) is 0 Å². The molecule has 2 N–H and O–H groups in total. The Bertz CT molecular complexity index is 1460. The number of benzene rings is 2. The molecular weight excluding hydrogens is 499 g/mol. The molecule has 0 amide bonds. The van der Waals surface area contributed by atoms with Crippen molar-refractivity contribution in [1.82, 2.24) is 25.5 Å². The molecule has 8 heteroatoms. The lowest BCUT2D eigenvalue weighted by molar-refractivity contribution is 0.573. The Balaban J connectivity index is 1.60. The second-order valence-electron chi connectivity index (χ2n) is 10.1. The first-order chi connectivity index (χ1) is 18.5. The summed E-state index contributed by atoms with van der Waals surface area (Å²) in [6.45, 7) is 10.9. The van der Waals surface area contributed by atoms with Crippen LogP contribution >= 0.6 is 11.6 Å². The Kier molecular flexibility index (Phi) is 8.12. The van der Waals surface area contributed by atoms with Crippen LogP contribution in [0.4, 0.5) is 10.2 Å². The summed E-state index contributed by atoms with van der Waals surface area (Å²) in [5.74, 6) is 1.18. The van der Waals surface area contributed by atoms with Crippen molar-refractivity contribution in [2.24, 2.45) is 0 Å². The number of aromatic amines is 1. The van der Waals surface area contributed by atoms with Gasteiger partial charge < -0.3 is 10.2 Å². The fourth-order valence-electron chi connectivity index (χ4n) is 5.52. The van der Waals surface area contributed by atoms with E-state index in [0.29, 0.717) is 28.3 Å². The van der Waals surface area contributed by atoms with Gasteiger partial charge in [0.05, 0.1) is 11.7 Å². The molecule has 0 spiro atoms. The summed E-state index contributed by atoms with van der Waals surface area (Å²) >= 11 is 6.82. The van der Waals surface area contributed by atoms with Crippen LogP contribution in [-0.4, -0.2) is 39.8 Å². The number of halogens is 2. The fourth-order valence-corrected chi connectivity index (χ4v) is 5.82. The number of rotatable bonds is 10. The molecule has 0 bridgehead atoms. The largest absolute Gasteiger partial charge is 0.389 e. The van der Waals surface area contributed by atoms with Gasteiger partial charge in [0.25, 0.3) is 0 Å². The summed E-state index contributed by atoms with van der Waals surface area (Å²) in [6.07, 6.45) is 9.39. The van der Waals surface area contributed by atoms with Crippen LogP contribution in [0.5, 0.6) is 0 Å². The average molecular weight is 535 g/mol. The first kappa shape index (κ1) is 26.4. The first-order valence-electron chi connectivity index (χ1n) is 13.8. The molecule has 2 aromatic carbocycles. The van der Waals surface area contributed by atoms with Gasteiger partial charge in [0.1, 0.15) is 17.2 Å². The second-order valence-corrected chi connectivity index (χ2v) is 10.5. The SMILES string of the molecule is C=C(CCCCc1c(Cl)cc2[nH]ncc2c1-c1ccc2c(N3CCCCC3)nc(CC)nc2c1F)NCC. The first-order valence-corrected chi connectivity index (χ1v) is 14.2. The number of nitrogens with zero attached hydrogens (tertiary/aromatic N) is 4. The van der Waals surface area contributed by atoms with Crippen LogP contribution in [0.2, 0.25) is 5.02 Å². The van der Waals surface area contributed by atoms with Crippen LogP contribution in [0.25, 0.3) is 32.9 Å². The molecule has 1 aliphatic rings. The van der Waals surface area contributed by atoms with Gasteiger partial charge in [0.2, 0.25) is 0 Å². The predicted octanol–water partition coefficient (Wildman–Crippen LogP) is 7.35. The summed E-state index contributed by atoms with van der Waals surface area (Å²) in [6, 6.07) is 5.74. The topological polar surface area (TPSA) is 69.7 Å². The maximum atomic E-state index is 16.5. The Morgan fingerprint density at radius 2 is 1.95 bits per heavy atom. The number of aryl methyl sites for hydroxylation is 1. The van der Waals surface area contributed by atoms with Gasteiger partial charge in [-0.2, -0.15) is 5.10 Å². The Morgan fingerprint density at radius 3 is 2.71 bits per heavy atom. The van der Waals surface area contributed by atoms with Gasteiger partial charge in [0, 0.05) is 58.7 Å². The lowest BCUT2D eigenvalue weighted by atomic mass is 9.91. The number of hydrogen-bond acceptors (Lipinski definition) is 5. The zero-order valence-corrected chi connectivity index (χ0v) is 23.1. The summed E-state index contributed by atoms with van der Waals surface area (Å²) in [5, 5.41) is 12.8. The lowest BCUT2D eigenvalue weighted by Crippen LogP contribution is -2.30. The van der Waals surface area contributed by atoms with Gasteiger partial charge in [-0.3, -0.25) is 5.10 Å². The Hall–Kier alpha value is -3.19. The van der Waals surface area contributed by atoms with Gasteiger partial charge >= 0.3 is 0 Å². The standard InChI is InChI=1S/C30H36ClFN6/c1-4-26-35-29-22(30(36-26)38-15-9-6-10-16-38)14-13-21(28(29)32)27-20(12-8-7-11-19(3)33-5-2)24(31)17-25-23(27)18-34-37-25/h13-14,17-18,33H,3-12,15-16H2,1-2H3,(H,34,37). The zero-order valence-electron chi connectivity index (χ0n) is 22.3. The molecule has 5 rings (SSSR count). The molecule has 0 atom stereocenters. The van der Waals surface area contributed by atoms with Crippen molar-refractivity contribution in [3.05, 3.63) is 58.9 Å². The monoisotopic (exact) mass is 534 g/mol. The summed E-state index contributed by atoms with van der Waals surface area (Å²) in [7, 11) is 0. The minimum atomic E-state index is -0.329. The minimum absolute atomic E-state index is 0.329. The number of nitrogens with one attached hydrogen (secondary N) is 2. The van der Waals surface area contributed by atoms with E-state index in [4.69, 9.17) is 16.6 Å². The summed E-state index contributed by atoms with van der Waals surface area (Å²) in [5.41, 5.74) is 4.44. The van der Waals surface area contributed by atoms with E-state index < -0.39 is 0 Å². The van der Waals surface area contributed by atoms with E-state index in [1.165, 1.54) is 6.42 Å². The third-order valence-corrected chi connectivity index (χ3v) is 7.79. The van der Waals surface area contributed by atoms with Crippen LogP contribution < -0.4 is 10.2 Å². The molecule has 0 unspecified atom stereocenters. The molecule has 0 saturated carbocycles. The van der Waals surface area contributed by atoms with E-state index in [0.717, 1.165) is 97.1 Å². The highest BCUT2D eigenvalue weighted by Crippen LogP contribution is 2.41. The number of piperidine rings is 1. The van der Waals surface area contributed by atoms with Crippen molar-refractivity contribution >= 4 is 39.2 Å². The molecule has 2 aromatic heterocycles. The molecule has 1 fully saturated rings. The van der Waals surface area contributed by atoms with Crippen LogP contribution in [0.15, 0.2) is 36.7 Å². The van der Waals surface area contributed by atoms with Gasteiger partial charge in [-0.05, 0) is 69.6 Å². The highest BCUT2D eigenvalue weighted by atomic mass is 35.5. The maximum Gasteiger partial charge on any atom is 0.157 e. The molecule has 200 valence electrons. The summed E-state index contributed by atoms with van der Waals surface area (Å²) in [4.78, 5) is 11.8. The third kappa shape index (κ3) is 5.21. The lowest BCUT2D eigenvalue weighted by Gasteiger charge is -2.29. The number of allylic oxidation sites excluding steroid dienone is 1. The van der Waals surface area contributed by atoms with E-state index in [9.17, 15) is 0 Å². The van der Waals surface area contributed by atoms with Crippen molar-refractivity contribution in [2.45, 2.75) is 65.2 Å². The molecule has 3 heterocycles. The molecule has 6 nitrogen and oxygen atoms in total. The Labute approximate surface area is 228 Å². The zero-order chi connectivity index (χ0) is 26.6. The van der Waals surface area contributed by atoms with E-state index in [1.807, 2.05) is 25.1 Å². The van der Waals surface area contributed by atoms with E-state index in [2.05, 4.69) is 38.9 Å². The quantitative estimate of drug-likeness (QED) is 0.208. The fraction of sp³-hybridized carbons (Fsp3) is 0.433. The van der Waals surface area contributed by atoms with Gasteiger partial charge in [0.15, 0.2) is 5.82 Å². The molecule has 1 aliphatic heterocycles. The van der Waals surface area contributed by atoms with Crippen LogP contribution in [0.3, 0.4) is 0 Å². The predicted molar refractivity (Wildman–Crippen MR) is 155 cm³/mol.